The highest BCUT2D eigenvalue weighted by Crippen LogP contribution is 2.59. The molecule has 4 aliphatic heterocycles. The maximum atomic E-state index is 14.6. The van der Waals surface area contributed by atoms with Gasteiger partial charge in [-0.3, -0.25) is 19.2 Å². The van der Waals surface area contributed by atoms with Gasteiger partial charge < -0.3 is 29.7 Å². The first kappa shape index (κ1) is 32.4. The second-order valence-corrected chi connectivity index (χ2v) is 12.9. The van der Waals surface area contributed by atoms with Crippen LogP contribution >= 0.6 is 15.9 Å². The van der Waals surface area contributed by atoms with Gasteiger partial charge in [-0.15, -0.1) is 0 Å². The van der Waals surface area contributed by atoms with E-state index in [0.29, 0.717) is 36.0 Å². The average Bonchev–Trinajstić information content (AvgIpc) is 3.62. The van der Waals surface area contributed by atoms with Gasteiger partial charge in [0.05, 0.1) is 25.1 Å². The van der Waals surface area contributed by atoms with Crippen LogP contribution in [0, 0.1) is 11.8 Å². The van der Waals surface area contributed by atoms with E-state index in [0.717, 1.165) is 19.3 Å². The Hall–Kier alpha value is -3.02. The number of ether oxygens (including phenoxy) is 2. The zero-order chi connectivity index (χ0) is 31.4. The molecular formula is C33H42BrN3O7. The molecule has 7 atom stereocenters. The van der Waals surface area contributed by atoms with Crippen molar-refractivity contribution in [3.63, 3.8) is 0 Å². The monoisotopic (exact) mass is 671 g/mol. The van der Waals surface area contributed by atoms with Gasteiger partial charge in [-0.1, -0.05) is 85.1 Å². The third-order valence-corrected chi connectivity index (χ3v) is 9.91. The fraction of sp³-hybridized carbons (Fsp3) is 0.576. The molecule has 5 bridgehead atoms. The van der Waals surface area contributed by atoms with E-state index < -0.39 is 53.6 Å². The fourth-order valence-electron chi connectivity index (χ4n) is 6.97. The Morgan fingerprint density at radius 1 is 1.09 bits per heavy atom. The second-order valence-electron chi connectivity index (χ2n) is 12.0. The van der Waals surface area contributed by atoms with E-state index >= 15 is 0 Å². The Balaban J connectivity index is 1.59. The first-order valence-electron chi connectivity index (χ1n) is 15.7. The van der Waals surface area contributed by atoms with Crippen molar-refractivity contribution in [3.8, 4) is 0 Å². The Morgan fingerprint density at radius 2 is 1.86 bits per heavy atom. The molecule has 44 heavy (non-hydrogen) atoms. The predicted molar refractivity (Wildman–Crippen MR) is 166 cm³/mol. The number of allylic oxidation sites excluding steroid dienone is 1. The molecular weight excluding hydrogens is 630 g/mol. The summed E-state index contributed by atoms with van der Waals surface area (Å²) in [7, 11) is 0. The molecule has 1 aromatic rings. The molecule has 2 N–H and O–H groups in total. The number of fused-ring (bicyclic) bond motifs is 2. The molecule has 4 aliphatic rings. The molecule has 4 heterocycles. The van der Waals surface area contributed by atoms with Gasteiger partial charge in [-0.05, 0) is 30.9 Å². The maximum Gasteiger partial charge on any atom is 0.313 e. The molecule has 0 saturated carbocycles. The van der Waals surface area contributed by atoms with E-state index in [1.54, 1.807) is 11.0 Å². The van der Waals surface area contributed by atoms with Crippen LogP contribution in [-0.4, -0.2) is 88.6 Å². The van der Waals surface area contributed by atoms with Crippen LogP contribution in [-0.2, 0) is 28.7 Å². The minimum atomic E-state index is -1.40. The van der Waals surface area contributed by atoms with E-state index in [4.69, 9.17) is 9.47 Å². The van der Waals surface area contributed by atoms with Crippen molar-refractivity contribution in [2.75, 3.05) is 26.2 Å². The third kappa shape index (κ3) is 5.98. The van der Waals surface area contributed by atoms with Crippen LogP contribution in [0.15, 0.2) is 53.0 Å². The number of halogens is 1. The number of unbranched alkanes of at least 4 members (excludes halogenated alkanes) is 2. The number of hydrogen-bond donors (Lipinski definition) is 2. The number of aliphatic hydroxyl groups excluding tert-OH is 1. The molecule has 1 spiro atoms. The number of amides is 3. The summed E-state index contributed by atoms with van der Waals surface area (Å²) in [6, 6.07) is 7.45. The molecule has 0 aliphatic carbocycles. The largest absolute Gasteiger partial charge is 0.455 e. The number of nitrogens with zero attached hydrogens (tertiary/aromatic N) is 2. The molecule has 5 rings (SSSR count). The number of nitrogens with one attached hydrogen (secondary N) is 1. The van der Waals surface area contributed by atoms with Crippen LogP contribution in [0.2, 0.25) is 0 Å². The first-order chi connectivity index (χ1) is 21.3. The van der Waals surface area contributed by atoms with E-state index in [-0.39, 0.29) is 31.4 Å². The Kier molecular flexibility index (Phi) is 10.3. The Morgan fingerprint density at radius 3 is 2.57 bits per heavy atom. The number of esters is 1. The minimum Gasteiger partial charge on any atom is -0.455 e. The molecule has 11 heteroatoms. The molecule has 0 aromatic heterocycles. The number of cyclic esters (lactones) is 1. The second kappa shape index (κ2) is 14.0. The highest BCUT2D eigenvalue weighted by atomic mass is 79.9. The first-order valence-corrected chi connectivity index (χ1v) is 16.5. The zero-order valence-electron chi connectivity index (χ0n) is 25.3. The average molecular weight is 673 g/mol. The van der Waals surface area contributed by atoms with Crippen molar-refractivity contribution in [1.29, 1.82) is 0 Å². The van der Waals surface area contributed by atoms with E-state index in [2.05, 4.69) is 28.2 Å². The van der Waals surface area contributed by atoms with Crippen LogP contribution in [0.5, 0.6) is 0 Å². The molecule has 238 valence electrons. The topological polar surface area (TPSA) is 125 Å². The normalized spacial score (nSPS) is 32.3. The fourth-order valence-corrected chi connectivity index (χ4v) is 7.71. The number of carbonyl (C=O) groups excluding carboxylic acids is 4. The molecule has 0 radical (unpaired) electrons. The standard InChI is InChI=1S/C33H42BrN3O7/c1-3-5-11-16-36-17-12-7-10-15-25(39)35-19-24(21-13-8-6-9-14-21)43-32(42)26-27-30(40)37(22(4-2)20-38)29(31(36)41)33(27)18-23(34)28(26)44-33/h6-9,12-14,18,22,24,26-29,38H,3-5,10-11,15-17,19-20H2,1-2H3,(H,35,39)/b12-7-/t22-,24-,26-,27+,28-,29-,33+/m0/s1. The van der Waals surface area contributed by atoms with Crippen molar-refractivity contribution < 1.29 is 33.8 Å². The van der Waals surface area contributed by atoms with Gasteiger partial charge in [-0.2, -0.15) is 0 Å². The van der Waals surface area contributed by atoms with E-state index in [1.165, 1.54) is 4.90 Å². The van der Waals surface area contributed by atoms with Crippen LogP contribution in [0.25, 0.3) is 0 Å². The van der Waals surface area contributed by atoms with Gasteiger partial charge in [0.25, 0.3) is 0 Å². The molecule has 10 nitrogen and oxygen atoms in total. The van der Waals surface area contributed by atoms with Crippen molar-refractivity contribution in [2.45, 2.75) is 82.3 Å². The lowest BCUT2D eigenvalue weighted by Crippen LogP contribution is -2.58. The third-order valence-electron chi connectivity index (χ3n) is 9.23. The number of rotatable bonds is 8. The lowest BCUT2D eigenvalue weighted by Gasteiger charge is -2.38. The smallest absolute Gasteiger partial charge is 0.313 e. The van der Waals surface area contributed by atoms with E-state index in [1.807, 2.05) is 49.4 Å². The number of likely N-dealkylation sites (tertiary alicyclic amines) is 1. The van der Waals surface area contributed by atoms with Crippen molar-refractivity contribution >= 4 is 39.6 Å². The van der Waals surface area contributed by atoms with Gasteiger partial charge in [0, 0.05) is 24.0 Å². The minimum absolute atomic E-state index is 0.0676. The quantitative estimate of drug-likeness (QED) is 0.247. The van der Waals surface area contributed by atoms with Gasteiger partial charge in [0.15, 0.2) is 0 Å². The lowest BCUT2D eigenvalue weighted by atomic mass is 9.74. The van der Waals surface area contributed by atoms with Gasteiger partial charge in [0.1, 0.15) is 29.8 Å². The summed E-state index contributed by atoms with van der Waals surface area (Å²) in [6.45, 7) is 4.46. The molecule has 2 fully saturated rings. The van der Waals surface area contributed by atoms with Crippen LogP contribution in [0.3, 0.4) is 0 Å². The van der Waals surface area contributed by atoms with Gasteiger partial charge in [0.2, 0.25) is 17.7 Å². The maximum absolute atomic E-state index is 14.6. The molecule has 2 saturated heterocycles. The summed E-state index contributed by atoms with van der Waals surface area (Å²) in [4.78, 5) is 59.0. The van der Waals surface area contributed by atoms with Crippen molar-refractivity contribution in [2.24, 2.45) is 11.8 Å². The molecule has 1 aromatic carbocycles. The van der Waals surface area contributed by atoms with Crippen LogP contribution in [0.1, 0.15) is 64.0 Å². The van der Waals surface area contributed by atoms with Gasteiger partial charge in [-0.25, -0.2) is 0 Å². The Bertz CT molecular complexity index is 1300. The lowest BCUT2D eigenvalue weighted by molar-refractivity contribution is -0.160. The highest BCUT2D eigenvalue weighted by Gasteiger charge is 2.75. The van der Waals surface area contributed by atoms with Crippen LogP contribution < -0.4 is 5.32 Å². The van der Waals surface area contributed by atoms with Crippen molar-refractivity contribution in [1.82, 2.24) is 15.1 Å². The van der Waals surface area contributed by atoms with Crippen LogP contribution in [0.4, 0.5) is 0 Å². The van der Waals surface area contributed by atoms with Gasteiger partial charge >= 0.3 is 5.97 Å². The summed E-state index contributed by atoms with van der Waals surface area (Å²) < 4.78 is 13.2. The summed E-state index contributed by atoms with van der Waals surface area (Å²) >= 11 is 3.58. The SMILES string of the molecule is CCCCCN1C/C=C\CCC(=O)NC[C@@H](c2ccccc2)OC(=O)[C@@H]2[C@H]3O[C@@]4(C=C3Br)[C@H](C1=O)N([C@@H](CC)CO)C(=O)[C@@H]24. The number of carbonyl (C=O) groups is 4. The molecule has 3 amide bonds. The van der Waals surface area contributed by atoms with E-state index in [9.17, 15) is 24.3 Å². The highest BCUT2D eigenvalue weighted by molar-refractivity contribution is 9.11. The summed E-state index contributed by atoms with van der Waals surface area (Å²) in [6.07, 6.45) is 7.79. The summed E-state index contributed by atoms with van der Waals surface area (Å²) in [5.74, 6) is -3.54. The summed E-state index contributed by atoms with van der Waals surface area (Å²) in [5, 5.41) is 13.2. The summed E-state index contributed by atoms with van der Waals surface area (Å²) in [5.41, 5.74) is -0.699. The van der Waals surface area contributed by atoms with Crippen molar-refractivity contribution in [3.05, 3.63) is 58.6 Å². The molecule has 0 unspecified atom stereocenters. The number of benzene rings is 1. The zero-order valence-corrected chi connectivity index (χ0v) is 26.9. The number of aliphatic hydroxyl groups is 1. The predicted octanol–water partition coefficient (Wildman–Crippen LogP) is 3.40. The Labute approximate surface area is 266 Å². The number of hydrogen-bond acceptors (Lipinski definition) is 7.